The Bertz CT molecular complexity index is 1290. The van der Waals surface area contributed by atoms with Gasteiger partial charge in [0, 0.05) is 27.6 Å². The summed E-state index contributed by atoms with van der Waals surface area (Å²) in [6, 6.07) is 9.46. The van der Waals surface area contributed by atoms with E-state index >= 15 is 0 Å². The van der Waals surface area contributed by atoms with Crippen LogP contribution >= 0.6 is 34.7 Å². The monoisotopic (exact) mass is 500 g/mol. The number of ketones is 2. The average Bonchev–Trinajstić information content (AvgIpc) is 3.24. The predicted molar refractivity (Wildman–Crippen MR) is 127 cm³/mol. The Morgan fingerprint density at radius 3 is 2.42 bits per heavy atom. The number of thioether (sulfide) groups is 1. The molecule has 1 N–H and O–H groups in total. The molecule has 168 valence electrons. The van der Waals surface area contributed by atoms with Crippen LogP contribution in [0.25, 0.3) is 0 Å². The number of anilines is 1. The Morgan fingerprint density at radius 2 is 1.76 bits per heavy atom. The third kappa shape index (κ3) is 5.00. The fourth-order valence-corrected chi connectivity index (χ4v) is 5.18. The number of halogens is 1. The smallest absolute Gasteiger partial charge is 0.311 e. The van der Waals surface area contributed by atoms with Crippen molar-refractivity contribution in [3.63, 3.8) is 0 Å². The van der Waals surface area contributed by atoms with Crippen LogP contribution in [0.2, 0.25) is 5.02 Å². The third-order valence-corrected chi connectivity index (χ3v) is 7.16. The van der Waals surface area contributed by atoms with Crippen LogP contribution in [-0.2, 0) is 20.7 Å². The van der Waals surface area contributed by atoms with Crippen LogP contribution in [-0.4, -0.2) is 40.8 Å². The van der Waals surface area contributed by atoms with E-state index in [1.165, 1.54) is 35.2 Å². The highest BCUT2D eigenvalue weighted by Crippen LogP contribution is 2.34. The number of nitrogens with zero attached hydrogens (tertiary/aromatic N) is 1. The lowest BCUT2D eigenvalue weighted by Crippen LogP contribution is -2.22. The van der Waals surface area contributed by atoms with Gasteiger partial charge in [-0.15, -0.1) is 11.3 Å². The highest BCUT2D eigenvalue weighted by molar-refractivity contribution is 8.01. The summed E-state index contributed by atoms with van der Waals surface area (Å²) in [7, 11) is 0. The highest BCUT2D eigenvalue weighted by atomic mass is 35.5. The van der Waals surface area contributed by atoms with Crippen LogP contribution in [0, 0.1) is 0 Å². The number of esters is 1. The summed E-state index contributed by atoms with van der Waals surface area (Å²) in [4.78, 5) is 54.0. The molecule has 1 aliphatic rings. The van der Waals surface area contributed by atoms with Crippen molar-refractivity contribution in [3.8, 4) is 0 Å². The van der Waals surface area contributed by atoms with Gasteiger partial charge in [0.05, 0.1) is 35.2 Å². The first-order valence-electron chi connectivity index (χ1n) is 9.92. The Kier molecular flexibility index (Phi) is 6.92. The van der Waals surface area contributed by atoms with E-state index in [0.717, 1.165) is 0 Å². The molecule has 33 heavy (non-hydrogen) atoms. The number of amides is 1. The van der Waals surface area contributed by atoms with Gasteiger partial charge >= 0.3 is 5.97 Å². The van der Waals surface area contributed by atoms with Crippen molar-refractivity contribution in [2.24, 2.45) is 0 Å². The molecule has 0 saturated heterocycles. The molecule has 2 aromatic carbocycles. The van der Waals surface area contributed by atoms with Crippen molar-refractivity contribution in [3.05, 3.63) is 74.7 Å². The minimum Gasteiger partial charge on any atom is -0.466 e. The number of rotatable bonds is 7. The number of nitrogens with one attached hydrogen (secondary N) is 1. The van der Waals surface area contributed by atoms with E-state index in [1.54, 1.807) is 36.6 Å². The van der Waals surface area contributed by atoms with E-state index in [4.69, 9.17) is 16.3 Å². The molecule has 3 aromatic rings. The molecule has 0 spiro atoms. The topological polar surface area (TPSA) is 102 Å². The zero-order chi connectivity index (χ0) is 23.5. The number of fused-ring (bicyclic) bond motifs is 2. The molecule has 1 amide bonds. The molecule has 0 fully saturated rings. The quantitative estimate of drug-likeness (QED) is 0.296. The minimum atomic E-state index is -0.352. The number of carbonyl (C=O) groups is 4. The minimum absolute atomic E-state index is 0.0511. The second kappa shape index (κ2) is 9.86. The van der Waals surface area contributed by atoms with E-state index in [0.29, 0.717) is 27.8 Å². The van der Waals surface area contributed by atoms with Gasteiger partial charge in [0.15, 0.2) is 15.9 Å². The summed E-state index contributed by atoms with van der Waals surface area (Å²) in [5.41, 5.74) is 1.92. The molecule has 1 aliphatic carbocycles. The van der Waals surface area contributed by atoms with Gasteiger partial charge < -0.3 is 10.1 Å². The van der Waals surface area contributed by atoms with E-state index in [9.17, 15) is 19.2 Å². The number of benzene rings is 2. The van der Waals surface area contributed by atoms with Crippen LogP contribution < -0.4 is 5.32 Å². The van der Waals surface area contributed by atoms with Gasteiger partial charge in [-0.2, -0.15) is 0 Å². The normalized spacial score (nSPS) is 12.2. The first-order chi connectivity index (χ1) is 15.9. The second-order valence-electron chi connectivity index (χ2n) is 7.00. The molecule has 1 aromatic heterocycles. The van der Waals surface area contributed by atoms with Crippen molar-refractivity contribution >= 4 is 63.8 Å². The maximum Gasteiger partial charge on any atom is 0.311 e. The number of hydrogen-bond donors (Lipinski definition) is 1. The van der Waals surface area contributed by atoms with Crippen LogP contribution in [0.15, 0.2) is 46.1 Å². The predicted octanol–water partition coefficient (Wildman–Crippen LogP) is 4.41. The zero-order valence-corrected chi connectivity index (χ0v) is 19.7. The molecule has 0 bridgehead atoms. The van der Waals surface area contributed by atoms with Gasteiger partial charge in [-0.1, -0.05) is 47.6 Å². The fourth-order valence-electron chi connectivity index (χ4n) is 3.32. The van der Waals surface area contributed by atoms with Crippen LogP contribution in [0.1, 0.15) is 44.5 Å². The lowest BCUT2D eigenvalue weighted by molar-refractivity contribution is -0.142. The molecule has 7 nitrogen and oxygen atoms in total. The van der Waals surface area contributed by atoms with Gasteiger partial charge in [-0.25, -0.2) is 4.98 Å². The molecule has 0 saturated carbocycles. The van der Waals surface area contributed by atoms with Gasteiger partial charge in [0.25, 0.3) is 0 Å². The van der Waals surface area contributed by atoms with E-state index in [1.807, 2.05) is 0 Å². The van der Waals surface area contributed by atoms with Gasteiger partial charge in [-0.3, -0.25) is 19.2 Å². The lowest BCUT2D eigenvalue weighted by atomic mass is 9.84. The average molecular weight is 501 g/mol. The Morgan fingerprint density at radius 1 is 1.09 bits per heavy atom. The molecule has 0 unspecified atom stereocenters. The summed E-state index contributed by atoms with van der Waals surface area (Å²) >= 11 is 8.84. The van der Waals surface area contributed by atoms with Crippen LogP contribution in [0.5, 0.6) is 0 Å². The molecular weight excluding hydrogens is 484 g/mol. The number of ether oxygens (including phenoxy) is 1. The summed E-state index contributed by atoms with van der Waals surface area (Å²) in [5.74, 6) is -1.22. The second-order valence-corrected chi connectivity index (χ2v) is 9.49. The lowest BCUT2D eigenvalue weighted by Gasteiger charge is -2.19. The highest BCUT2D eigenvalue weighted by Gasteiger charge is 2.30. The van der Waals surface area contributed by atoms with Gasteiger partial charge in [0.2, 0.25) is 5.91 Å². The summed E-state index contributed by atoms with van der Waals surface area (Å²) in [6.45, 7) is 2.04. The molecule has 4 rings (SSSR count). The largest absolute Gasteiger partial charge is 0.466 e. The number of carbonyl (C=O) groups excluding carboxylic acids is 4. The molecule has 0 atom stereocenters. The van der Waals surface area contributed by atoms with Gasteiger partial charge in [-0.05, 0) is 19.1 Å². The summed E-state index contributed by atoms with van der Waals surface area (Å²) in [6.07, 6.45) is 0.0811. The standard InChI is InChI=1S/C23H17ClN2O5S2/c1-2-31-20(28)7-12-10-32-23(25-12)33-11-19(27)26-18-9-16-15(8-17(18)24)21(29)13-5-3-4-6-14(13)22(16)30/h3-6,8-10H,2,7,11H2,1H3,(H,26,27). The third-order valence-electron chi connectivity index (χ3n) is 4.78. The van der Waals surface area contributed by atoms with Crippen LogP contribution in [0.4, 0.5) is 5.69 Å². The van der Waals surface area contributed by atoms with E-state index in [-0.39, 0.29) is 57.5 Å². The maximum atomic E-state index is 12.9. The Labute approximate surface area is 202 Å². The van der Waals surface area contributed by atoms with E-state index < -0.39 is 0 Å². The van der Waals surface area contributed by atoms with Gasteiger partial charge in [0.1, 0.15) is 0 Å². The molecular formula is C23H17ClN2O5S2. The zero-order valence-electron chi connectivity index (χ0n) is 17.3. The fraction of sp³-hybridized carbons (Fsp3) is 0.174. The first kappa shape index (κ1) is 23.2. The first-order valence-corrected chi connectivity index (χ1v) is 12.2. The molecule has 10 heteroatoms. The summed E-state index contributed by atoms with van der Waals surface area (Å²) < 4.78 is 5.54. The van der Waals surface area contributed by atoms with Crippen LogP contribution in [0.3, 0.4) is 0 Å². The van der Waals surface area contributed by atoms with E-state index in [2.05, 4.69) is 10.3 Å². The van der Waals surface area contributed by atoms with Crippen molar-refractivity contribution in [1.82, 2.24) is 4.98 Å². The van der Waals surface area contributed by atoms with Crippen molar-refractivity contribution < 1.29 is 23.9 Å². The number of aromatic nitrogens is 1. The number of hydrogen-bond acceptors (Lipinski definition) is 8. The molecule has 0 radical (unpaired) electrons. The molecule has 0 aliphatic heterocycles. The summed E-state index contributed by atoms with van der Waals surface area (Å²) in [5, 5.41) is 4.61. The van der Waals surface area contributed by atoms with Crippen molar-refractivity contribution in [2.75, 3.05) is 17.7 Å². The Hall–Kier alpha value is -3.01. The maximum absolute atomic E-state index is 12.9. The number of thiazole rings is 1. The Balaban J connectivity index is 1.43. The van der Waals surface area contributed by atoms with Crippen molar-refractivity contribution in [1.29, 1.82) is 0 Å². The molecule has 1 heterocycles. The SMILES string of the molecule is CCOC(=O)Cc1csc(SCC(=O)Nc2cc3c(cc2Cl)C(=O)c2ccccc2C3=O)n1. The van der Waals surface area contributed by atoms with Crippen molar-refractivity contribution in [2.45, 2.75) is 17.7 Å².